The summed E-state index contributed by atoms with van der Waals surface area (Å²) in [6.45, 7) is 5.06. The summed E-state index contributed by atoms with van der Waals surface area (Å²) in [4.78, 5) is 24.1. The molecule has 0 fully saturated rings. The Bertz CT molecular complexity index is 1680. The SMILES string of the molecule is Cc1c(N)ccc2c(-c3ccc(C(=O)C(C)C)cc3C(=O)O)c3ccc(=N)c(S(=O)(=O)O)c-3oc12. The Balaban J connectivity index is 2.24. The first-order valence-electron chi connectivity index (χ1n) is 10.6. The molecule has 10 heteroatoms. The van der Waals surface area contributed by atoms with E-state index in [1.165, 1.54) is 30.3 Å². The zero-order valence-corrected chi connectivity index (χ0v) is 19.9. The van der Waals surface area contributed by atoms with Gasteiger partial charge in [0.15, 0.2) is 16.4 Å². The van der Waals surface area contributed by atoms with E-state index in [1.807, 2.05) is 0 Å². The number of nitrogen functional groups attached to an aromatic ring is 1. The number of ketones is 1. The third-order valence-corrected chi connectivity index (χ3v) is 6.81. The molecule has 2 aliphatic rings. The molecule has 0 spiro atoms. The highest BCUT2D eigenvalue weighted by atomic mass is 32.2. The number of anilines is 1. The molecule has 0 atom stereocenters. The van der Waals surface area contributed by atoms with Gasteiger partial charge in [-0.05, 0) is 42.8 Å². The quantitative estimate of drug-likeness (QED) is 0.137. The fourth-order valence-corrected chi connectivity index (χ4v) is 4.85. The lowest BCUT2D eigenvalue weighted by Crippen LogP contribution is -2.16. The Kier molecular flexibility index (Phi) is 5.74. The number of carboxylic acid groups (broad SMARTS) is 1. The molecule has 0 aromatic heterocycles. The van der Waals surface area contributed by atoms with E-state index in [1.54, 1.807) is 32.9 Å². The van der Waals surface area contributed by atoms with Gasteiger partial charge in [-0.3, -0.25) is 14.8 Å². The summed E-state index contributed by atoms with van der Waals surface area (Å²) in [6.07, 6.45) is 0. The van der Waals surface area contributed by atoms with Gasteiger partial charge in [-0.15, -0.1) is 0 Å². The number of hydrogen-bond donors (Lipinski definition) is 4. The Morgan fingerprint density at radius 2 is 1.71 bits per heavy atom. The summed E-state index contributed by atoms with van der Waals surface area (Å²) in [5.74, 6) is -2.18. The van der Waals surface area contributed by atoms with Gasteiger partial charge < -0.3 is 15.3 Å². The number of benzene rings is 3. The zero-order chi connectivity index (χ0) is 25.8. The molecule has 2 aromatic rings. The molecular formula is C25H22N2O7S. The van der Waals surface area contributed by atoms with Crippen LogP contribution in [0.25, 0.3) is 33.4 Å². The number of nitrogens with one attached hydrogen (secondary N) is 1. The van der Waals surface area contributed by atoms with Gasteiger partial charge >= 0.3 is 5.97 Å². The maximum absolute atomic E-state index is 12.5. The number of nitrogens with two attached hydrogens (primary N) is 1. The van der Waals surface area contributed by atoms with E-state index in [9.17, 15) is 27.7 Å². The zero-order valence-electron chi connectivity index (χ0n) is 19.0. The molecule has 5 N–H and O–H groups in total. The minimum Gasteiger partial charge on any atom is -0.478 e. The third kappa shape index (κ3) is 3.96. The van der Waals surface area contributed by atoms with Gasteiger partial charge in [0.2, 0.25) is 0 Å². The maximum Gasteiger partial charge on any atom is 0.336 e. The van der Waals surface area contributed by atoms with E-state index in [0.29, 0.717) is 22.2 Å². The normalized spacial score (nSPS) is 11.9. The van der Waals surface area contributed by atoms with E-state index in [4.69, 9.17) is 15.6 Å². The van der Waals surface area contributed by atoms with Gasteiger partial charge in [0.1, 0.15) is 5.58 Å². The molecule has 35 heavy (non-hydrogen) atoms. The first kappa shape index (κ1) is 24.1. The molecule has 0 saturated carbocycles. The molecule has 1 aliphatic heterocycles. The minimum absolute atomic E-state index is 0.163. The van der Waals surface area contributed by atoms with E-state index >= 15 is 0 Å². The van der Waals surface area contributed by atoms with Gasteiger partial charge in [0.25, 0.3) is 10.1 Å². The van der Waals surface area contributed by atoms with Crippen molar-refractivity contribution in [2.45, 2.75) is 25.7 Å². The van der Waals surface area contributed by atoms with Crippen LogP contribution in [0.5, 0.6) is 0 Å². The van der Waals surface area contributed by atoms with E-state index < -0.39 is 26.3 Å². The van der Waals surface area contributed by atoms with Gasteiger partial charge in [0, 0.05) is 39.2 Å². The number of carbonyl (C=O) groups excluding carboxylic acids is 1. The van der Waals surface area contributed by atoms with Crippen molar-refractivity contribution in [2.75, 3.05) is 5.73 Å². The van der Waals surface area contributed by atoms with Crippen LogP contribution in [0.4, 0.5) is 5.69 Å². The smallest absolute Gasteiger partial charge is 0.336 e. The lowest BCUT2D eigenvalue weighted by atomic mass is 9.88. The van der Waals surface area contributed by atoms with Crippen molar-refractivity contribution < 1.29 is 32.1 Å². The summed E-state index contributed by atoms with van der Waals surface area (Å²) in [5, 5.41) is 18.0. The predicted octanol–water partition coefficient (Wildman–Crippen LogP) is 4.36. The van der Waals surface area contributed by atoms with E-state index in [-0.39, 0.29) is 45.3 Å². The fourth-order valence-electron chi connectivity index (χ4n) is 4.12. The summed E-state index contributed by atoms with van der Waals surface area (Å²) >= 11 is 0. The van der Waals surface area contributed by atoms with Crippen molar-refractivity contribution in [1.82, 2.24) is 0 Å². The summed E-state index contributed by atoms with van der Waals surface area (Å²) in [7, 11) is -4.88. The highest BCUT2D eigenvalue weighted by Crippen LogP contribution is 2.44. The highest BCUT2D eigenvalue weighted by molar-refractivity contribution is 7.86. The van der Waals surface area contributed by atoms with Crippen molar-refractivity contribution in [2.24, 2.45) is 5.92 Å². The average molecular weight is 495 g/mol. The maximum atomic E-state index is 12.5. The van der Waals surface area contributed by atoms with Crippen LogP contribution in [0.2, 0.25) is 0 Å². The molecule has 0 saturated heterocycles. The molecule has 2 aromatic carbocycles. The van der Waals surface area contributed by atoms with Crippen molar-refractivity contribution in [1.29, 1.82) is 5.41 Å². The van der Waals surface area contributed by atoms with E-state index in [0.717, 1.165) is 0 Å². The fraction of sp³-hybridized carbons (Fsp3) is 0.160. The molecule has 0 radical (unpaired) electrons. The van der Waals surface area contributed by atoms with Crippen LogP contribution in [0.15, 0.2) is 51.8 Å². The minimum atomic E-state index is -4.88. The number of aromatic carboxylic acids is 1. The van der Waals surface area contributed by atoms with Crippen LogP contribution in [-0.2, 0) is 10.1 Å². The molecule has 0 amide bonds. The Morgan fingerprint density at radius 1 is 1.06 bits per heavy atom. The molecule has 4 rings (SSSR count). The lowest BCUT2D eigenvalue weighted by Gasteiger charge is -2.20. The molecule has 180 valence electrons. The lowest BCUT2D eigenvalue weighted by molar-refractivity contribution is 0.0697. The van der Waals surface area contributed by atoms with Crippen molar-refractivity contribution in [3.8, 4) is 22.5 Å². The largest absolute Gasteiger partial charge is 0.478 e. The number of fused-ring (bicyclic) bond motifs is 2. The molecule has 0 unspecified atom stereocenters. The second-order valence-electron chi connectivity index (χ2n) is 8.51. The predicted molar refractivity (Wildman–Crippen MR) is 129 cm³/mol. The number of hydrogen-bond acceptors (Lipinski definition) is 7. The van der Waals surface area contributed by atoms with Gasteiger partial charge in [-0.2, -0.15) is 8.42 Å². The third-order valence-electron chi connectivity index (χ3n) is 5.89. The second-order valence-corrected chi connectivity index (χ2v) is 9.87. The Labute approximate surface area is 200 Å². The van der Waals surface area contributed by atoms with Gasteiger partial charge in [-0.1, -0.05) is 26.0 Å². The van der Waals surface area contributed by atoms with Crippen molar-refractivity contribution >= 4 is 38.5 Å². The molecule has 1 heterocycles. The molecule has 0 bridgehead atoms. The number of carbonyl (C=O) groups is 2. The number of Topliss-reactive ketones (excluding diaryl/α,β-unsaturated/α-hetero) is 1. The summed E-state index contributed by atoms with van der Waals surface area (Å²) in [5.41, 5.74) is 7.73. The van der Waals surface area contributed by atoms with Crippen LogP contribution >= 0.6 is 0 Å². The molecule has 1 aliphatic carbocycles. The monoisotopic (exact) mass is 494 g/mol. The first-order chi connectivity index (χ1) is 16.3. The summed E-state index contributed by atoms with van der Waals surface area (Å²) in [6, 6.07) is 10.1. The molecular weight excluding hydrogens is 472 g/mol. The van der Waals surface area contributed by atoms with Crippen molar-refractivity contribution in [3.63, 3.8) is 0 Å². The Morgan fingerprint density at radius 3 is 2.31 bits per heavy atom. The van der Waals surface area contributed by atoms with Crippen molar-refractivity contribution in [3.05, 3.63) is 64.5 Å². The van der Waals surface area contributed by atoms with Crippen LogP contribution in [0.3, 0.4) is 0 Å². The Hall–Kier alpha value is -4.02. The van der Waals surface area contributed by atoms with Crippen LogP contribution in [-0.4, -0.2) is 29.8 Å². The topological polar surface area (TPSA) is 172 Å². The van der Waals surface area contributed by atoms with Gasteiger partial charge in [-0.25, -0.2) is 4.79 Å². The molecule has 9 nitrogen and oxygen atoms in total. The van der Waals surface area contributed by atoms with Crippen LogP contribution in [0.1, 0.15) is 40.1 Å². The summed E-state index contributed by atoms with van der Waals surface area (Å²) < 4.78 is 40.1. The van der Waals surface area contributed by atoms with E-state index in [2.05, 4.69) is 0 Å². The second kappa shape index (κ2) is 8.33. The van der Waals surface area contributed by atoms with Gasteiger partial charge in [0.05, 0.1) is 10.9 Å². The highest BCUT2D eigenvalue weighted by Gasteiger charge is 2.29. The number of carboxylic acids is 1. The average Bonchev–Trinajstić information content (AvgIpc) is 2.78. The number of rotatable bonds is 5. The van der Waals surface area contributed by atoms with Crippen LogP contribution in [0, 0.1) is 18.3 Å². The first-order valence-corrected chi connectivity index (χ1v) is 12.0. The number of aryl methyl sites for hydroxylation is 1. The van der Waals surface area contributed by atoms with Crippen LogP contribution < -0.4 is 11.1 Å². The standard InChI is InChI=1S/C25H22N2O7S/c1-11(2)21(28)13-4-5-14(17(10-13)25(29)30)20-15-6-8-18(26)12(3)22(15)34-23-16(20)7-9-19(27)24(23)35(31,32)33/h4-11,27H,26H2,1-3H3,(H,29,30)(H,31,32,33).